The lowest BCUT2D eigenvalue weighted by atomic mass is 10.3. The summed E-state index contributed by atoms with van der Waals surface area (Å²) < 4.78 is 0. The lowest BCUT2D eigenvalue weighted by molar-refractivity contribution is 0.475. The highest BCUT2D eigenvalue weighted by Gasteiger charge is 1.75. The zero-order valence-corrected chi connectivity index (χ0v) is 7.35. The number of allylic oxidation sites excluding steroid dienone is 2. The number of phenolic OH excluding ortho intramolecular Hbond substituents is 1. The fourth-order valence-corrected chi connectivity index (χ4v) is 0.834. The van der Waals surface area contributed by atoms with Gasteiger partial charge in [0.05, 0.1) is 0 Å². The lowest BCUT2D eigenvalue weighted by Crippen LogP contribution is -2.05. The molecule has 0 unspecified atom stereocenters. The highest BCUT2D eigenvalue weighted by molar-refractivity contribution is 5.18. The van der Waals surface area contributed by atoms with Crippen LogP contribution < -0.4 is 5.32 Å². The topological polar surface area (TPSA) is 32.3 Å². The van der Waals surface area contributed by atoms with E-state index in [2.05, 4.69) is 11.4 Å². The molecule has 0 amide bonds. The maximum absolute atomic E-state index is 8.63. The Bertz CT molecular complexity index is 265. The quantitative estimate of drug-likeness (QED) is 0.632. The van der Waals surface area contributed by atoms with Gasteiger partial charge in [-0.15, -0.1) is 0 Å². The highest BCUT2D eigenvalue weighted by atomic mass is 16.3. The van der Waals surface area contributed by atoms with Crippen molar-refractivity contribution in [2.75, 3.05) is 6.54 Å². The standard InChI is InChI=1S/C6H6O.C5H7N/c7-6-4-2-1-3-5-6;1-2-4-6-5-3-1/h1-5,7H;1-4,6H,5H2. The number of aromatic hydroxyl groups is 1. The predicted octanol–water partition coefficient (Wildman–Crippen LogP) is 2.05. The maximum Gasteiger partial charge on any atom is 0.115 e. The second kappa shape index (κ2) is 5.89. The molecule has 1 aliphatic heterocycles. The maximum atomic E-state index is 8.63. The van der Waals surface area contributed by atoms with Gasteiger partial charge < -0.3 is 10.4 Å². The number of dihydropyridines is 1. The number of benzene rings is 1. The zero-order valence-electron chi connectivity index (χ0n) is 7.35. The molecular weight excluding hydrogens is 162 g/mol. The minimum atomic E-state index is 0.322. The van der Waals surface area contributed by atoms with Gasteiger partial charge in [-0.25, -0.2) is 0 Å². The van der Waals surface area contributed by atoms with Gasteiger partial charge in [0.15, 0.2) is 0 Å². The van der Waals surface area contributed by atoms with Gasteiger partial charge in [-0.3, -0.25) is 0 Å². The number of rotatable bonds is 0. The largest absolute Gasteiger partial charge is 0.508 e. The lowest BCUT2D eigenvalue weighted by Gasteiger charge is -1.94. The van der Waals surface area contributed by atoms with Gasteiger partial charge in [0.2, 0.25) is 0 Å². The molecule has 0 spiro atoms. The average Bonchev–Trinajstić information content (AvgIpc) is 2.22. The van der Waals surface area contributed by atoms with E-state index in [0.717, 1.165) is 6.54 Å². The van der Waals surface area contributed by atoms with E-state index >= 15 is 0 Å². The first-order valence-corrected chi connectivity index (χ1v) is 4.18. The van der Waals surface area contributed by atoms with Gasteiger partial charge in [-0.05, 0) is 24.4 Å². The van der Waals surface area contributed by atoms with Gasteiger partial charge in [0.1, 0.15) is 5.75 Å². The molecule has 1 aromatic rings. The fourth-order valence-electron chi connectivity index (χ4n) is 0.834. The van der Waals surface area contributed by atoms with Crippen LogP contribution in [0.4, 0.5) is 0 Å². The molecule has 0 fully saturated rings. The van der Waals surface area contributed by atoms with Crippen molar-refractivity contribution in [1.29, 1.82) is 0 Å². The first-order chi connectivity index (χ1) is 6.39. The molecule has 2 rings (SSSR count). The molecule has 0 saturated carbocycles. The Kier molecular flexibility index (Phi) is 4.25. The molecule has 2 heteroatoms. The molecule has 0 aromatic heterocycles. The van der Waals surface area contributed by atoms with Crippen molar-refractivity contribution >= 4 is 0 Å². The number of para-hydroxylation sites is 1. The summed E-state index contributed by atoms with van der Waals surface area (Å²) in [6.07, 6.45) is 8.00. The molecule has 0 bridgehead atoms. The van der Waals surface area contributed by atoms with Crippen molar-refractivity contribution < 1.29 is 5.11 Å². The van der Waals surface area contributed by atoms with Crippen molar-refractivity contribution in [3.8, 4) is 5.75 Å². The molecular formula is C11H13NO. The van der Waals surface area contributed by atoms with E-state index < -0.39 is 0 Å². The zero-order chi connectivity index (χ0) is 9.36. The van der Waals surface area contributed by atoms with E-state index in [4.69, 9.17) is 5.11 Å². The van der Waals surface area contributed by atoms with E-state index in [1.54, 1.807) is 24.3 Å². The monoisotopic (exact) mass is 175 g/mol. The van der Waals surface area contributed by atoms with Crippen LogP contribution in [-0.2, 0) is 0 Å². The van der Waals surface area contributed by atoms with E-state index in [0.29, 0.717) is 5.75 Å². The van der Waals surface area contributed by atoms with Crippen LogP contribution in [0.25, 0.3) is 0 Å². The van der Waals surface area contributed by atoms with Crippen LogP contribution in [0.2, 0.25) is 0 Å². The Morgan fingerprint density at radius 2 is 1.85 bits per heavy atom. The first kappa shape index (κ1) is 9.39. The summed E-state index contributed by atoms with van der Waals surface area (Å²) in [6.45, 7) is 0.983. The Morgan fingerprint density at radius 1 is 1.08 bits per heavy atom. The van der Waals surface area contributed by atoms with Crippen molar-refractivity contribution in [3.05, 3.63) is 54.8 Å². The first-order valence-electron chi connectivity index (χ1n) is 4.18. The highest BCUT2D eigenvalue weighted by Crippen LogP contribution is 2.02. The van der Waals surface area contributed by atoms with Crippen LogP contribution in [0, 0.1) is 0 Å². The summed E-state index contributed by atoms with van der Waals surface area (Å²) in [5.74, 6) is 0.322. The van der Waals surface area contributed by atoms with Crippen molar-refractivity contribution in [3.63, 3.8) is 0 Å². The van der Waals surface area contributed by atoms with E-state index in [-0.39, 0.29) is 0 Å². The summed E-state index contributed by atoms with van der Waals surface area (Å²) in [7, 11) is 0. The van der Waals surface area contributed by atoms with Crippen LogP contribution in [0.1, 0.15) is 0 Å². The van der Waals surface area contributed by atoms with E-state index in [1.165, 1.54) is 0 Å². The summed E-state index contributed by atoms with van der Waals surface area (Å²) >= 11 is 0. The van der Waals surface area contributed by atoms with E-state index in [1.807, 2.05) is 24.4 Å². The van der Waals surface area contributed by atoms with Crippen LogP contribution in [-0.4, -0.2) is 11.7 Å². The molecule has 2 nitrogen and oxygen atoms in total. The Morgan fingerprint density at radius 3 is 2.08 bits per heavy atom. The normalized spacial score (nSPS) is 12.6. The minimum Gasteiger partial charge on any atom is -0.508 e. The summed E-state index contributed by atoms with van der Waals surface area (Å²) in [5, 5.41) is 11.6. The molecule has 0 saturated heterocycles. The Balaban J connectivity index is 0.000000132. The summed E-state index contributed by atoms with van der Waals surface area (Å²) in [6, 6.07) is 8.71. The van der Waals surface area contributed by atoms with Crippen LogP contribution in [0.5, 0.6) is 5.75 Å². The van der Waals surface area contributed by atoms with Crippen LogP contribution in [0.3, 0.4) is 0 Å². The summed E-state index contributed by atoms with van der Waals surface area (Å²) in [5.41, 5.74) is 0. The Labute approximate surface area is 78.2 Å². The molecule has 0 atom stereocenters. The molecule has 68 valence electrons. The number of hydrogen-bond acceptors (Lipinski definition) is 2. The number of hydrogen-bond donors (Lipinski definition) is 2. The van der Waals surface area contributed by atoms with Gasteiger partial charge in [0, 0.05) is 6.54 Å². The van der Waals surface area contributed by atoms with Crippen molar-refractivity contribution in [2.24, 2.45) is 0 Å². The van der Waals surface area contributed by atoms with Crippen LogP contribution in [0.15, 0.2) is 54.8 Å². The van der Waals surface area contributed by atoms with Crippen LogP contribution >= 0.6 is 0 Å². The van der Waals surface area contributed by atoms with Crippen molar-refractivity contribution in [1.82, 2.24) is 5.32 Å². The number of phenols is 1. The molecule has 1 aliphatic rings. The van der Waals surface area contributed by atoms with Gasteiger partial charge >= 0.3 is 0 Å². The number of nitrogens with one attached hydrogen (secondary N) is 1. The molecule has 0 radical (unpaired) electrons. The molecule has 13 heavy (non-hydrogen) atoms. The SMILES string of the molecule is C1=CCNC=C1.Oc1ccccc1. The fraction of sp³-hybridized carbons (Fsp3) is 0.0909. The predicted molar refractivity (Wildman–Crippen MR) is 54.4 cm³/mol. The van der Waals surface area contributed by atoms with Gasteiger partial charge in [-0.1, -0.05) is 30.4 Å². The second-order valence-corrected chi connectivity index (χ2v) is 2.53. The molecule has 1 heterocycles. The molecule has 1 aromatic carbocycles. The minimum absolute atomic E-state index is 0.322. The van der Waals surface area contributed by atoms with Crippen molar-refractivity contribution in [2.45, 2.75) is 0 Å². The van der Waals surface area contributed by atoms with E-state index in [9.17, 15) is 0 Å². The third kappa shape index (κ3) is 4.69. The third-order valence-electron chi connectivity index (χ3n) is 1.45. The summed E-state index contributed by atoms with van der Waals surface area (Å²) in [4.78, 5) is 0. The second-order valence-electron chi connectivity index (χ2n) is 2.53. The third-order valence-corrected chi connectivity index (χ3v) is 1.45. The Hall–Kier alpha value is -1.70. The van der Waals surface area contributed by atoms with Gasteiger partial charge in [-0.2, -0.15) is 0 Å². The molecule has 2 N–H and O–H groups in total. The van der Waals surface area contributed by atoms with Gasteiger partial charge in [0.25, 0.3) is 0 Å². The average molecular weight is 175 g/mol. The smallest absolute Gasteiger partial charge is 0.115 e. The molecule has 0 aliphatic carbocycles.